The van der Waals surface area contributed by atoms with Crippen LogP contribution in [0.25, 0.3) is 0 Å². The topological polar surface area (TPSA) is 64.6 Å². The van der Waals surface area contributed by atoms with Gasteiger partial charge < -0.3 is 14.8 Å². The summed E-state index contributed by atoms with van der Waals surface area (Å²) in [6, 6.07) is 6.58. The number of hydrogen-bond donors (Lipinski definition) is 1. The van der Waals surface area contributed by atoms with Crippen LogP contribution in [0.3, 0.4) is 0 Å². The van der Waals surface area contributed by atoms with E-state index < -0.39 is 18.1 Å². The molecule has 1 N–H and O–H groups in total. The molecular formula is C15H18ClNO4. The molecule has 1 fully saturated rings. The van der Waals surface area contributed by atoms with Gasteiger partial charge in [0.15, 0.2) is 0 Å². The average molecular weight is 312 g/mol. The summed E-state index contributed by atoms with van der Waals surface area (Å²) in [5.41, 5.74) is 0.691. The largest absolute Gasteiger partial charge is 0.469 e. The summed E-state index contributed by atoms with van der Waals surface area (Å²) in [5.74, 6) is -0.631. The SMILES string of the molecule is COC(=O)C[C@H](NC(=O)[C@@H]1CCCO1)c1ccccc1Cl. The Morgan fingerprint density at radius 3 is 2.86 bits per heavy atom. The molecule has 0 saturated carbocycles. The van der Waals surface area contributed by atoms with Crippen LogP contribution in [0.15, 0.2) is 24.3 Å². The zero-order chi connectivity index (χ0) is 15.2. The number of nitrogens with one attached hydrogen (secondary N) is 1. The third-order valence-corrected chi connectivity index (χ3v) is 3.76. The van der Waals surface area contributed by atoms with Crippen molar-refractivity contribution >= 4 is 23.5 Å². The molecule has 1 aliphatic rings. The van der Waals surface area contributed by atoms with Crippen LogP contribution in [0, 0.1) is 0 Å². The molecule has 2 atom stereocenters. The third-order valence-electron chi connectivity index (χ3n) is 3.42. The molecule has 21 heavy (non-hydrogen) atoms. The van der Waals surface area contributed by atoms with Gasteiger partial charge in [-0.25, -0.2) is 0 Å². The van der Waals surface area contributed by atoms with E-state index in [1.807, 2.05) is 6.07 Å². The van der Waals surface area contributed by atoms with Gasteiger partial charge in [-0.15, -0.1) is 0 Å². The fourth-order valence-corrected chi connectivity index (χ4v) is 2.56. The zero-order valence-corrected chi connectivity index (χ0v) is 12.6. The van der Waals surface area contributed by atoms with Crippen LogP contribution in [-0.4, -0.2) is 31.7 Å². The minimum Gasteiger partial charge on any atom is -0.469 e. The molecule has 1 amide bonds. The van der Waals surface area contributed by atoms with E-state index in [2.05, 4.69) is 10.1 Å². The molecule has 0 aromatic heterocycles. The molecule has 1 aromatic rings. The average Bonchev–Trinajstić information content (AvgIpc) is 3.01. The number of carbonyl (C=O) groups excluding carboxylic acids is 2. The second-order valence-electron chi connectivity index (χ2n) is 4.86. The van der Waals surface area contributed by atoms with E-state index in [0.29, 0.717) is 23.6 Å². The summed E-state index contributed by atoms with van der Waals surface area (Å²) in [5, 5.41) is 3.33. The number of amides is 1. The number of esters is 1. The maximum atomic E-state index is 12.2. The van der Waals surface area contributed by atoms with E-state index >= 15 is 0 Å². The van der Waals surface area contributed by atoms with Gasteiger partial charge in [0.05, 0.1) is 19.6 Å². The lowest BCUT2D eigenvalue weighted by Gasteiger charge is -2.21. The number of carbonyl (C=O) groups is 2. The quantitative estimate of drug-likeness (QED) is 0.847. The maximum Gasteiger partial charge on any atom is 0.307 e. The highest BCUT2D eigenvalue weighted by Crippen LogP contribution is 2.26. The van der Waals surface area contributed by atoms with Crippen molar-refractivity contribution < 1.29 is 19.1 Å². The molecule has 2 rings (SSSR count). The first-order valence-corrected chi connectivity index (χ1v) is 7.23. The Morgan fingerprint density at radius 1 is 1.48 bits per heavy atom. The van der Waals surface area contributed by atoms with Gasteiger partial charge in [0.1, 0.15) is 6.10 Å². The van der Waals surface area contributed by atoms with Gasteiger partial charge in [0, 0.05) is 11.6 Å². The molecule has 1 aromatic carbocycles. The van der Waals surface area contributed by atoms with Crippen LogP contribution in [0.2, 0.25) is 5.02 Å². The normalized spacial score (nSPS) is 19.0. The summed E-state index contributed by atoms with van der Waals surface area (Å²) < 4.78 is 10.0. The fraction of sp³-hybridized carbons (Fsp3) is 0.467. The van der Waals surface area contributed by atoms with Gasteiger partial charge in [-0.3, -0.25) is 9.59 Å². The summed E-state index contributed by atoms with van der Waals surface area (Å²) in [4.78, 5) is 23.7. The highest BCUT2D eigenvalue weighted by atomic mass is 35.5. The highest BCUT2D eigenvalue weighted by molar-refractivity contribution is 6.31. The maximum absolute atomic E-state index is 12.2. The molecule has 1 aliphatic heterocycles. The van der Waals surface area contributed by atoms with E-state index in [0.717, 1.165) is 6.42 Å². The lowest BCUT2D eigenvalue weighted by Crippen LogP contribution is -2.37. The van der Waals surface area contributed by atoms with E-state index in [9.17, 15) is 9.59 Å². The van der Waals surface area contributed by atoms with Gasteiger partial charge in [0.2, 0.25) is 5.91 Å². The van der Waals surface area contributed by atoms with E-state index in [1.54, 1.807) is 18.2 Å². The Bertz CT molecular complexity index is 514. The van der Waals surface area contributed by atoms with Crippen molar-refractivity contribution in [2.75, 3.05) is 13.7 Å². The first-order valence-electron chi connectivity index (χ1n) is 6.85. The van der Waals surface area contributed by atoms with Crippen molar-refractivity contribution in [2.24, 2.45) is 0 Å². The minimum atomic E-state index is -0.525. The summed E-state index contributed by atoms with van der Waals surface area (Å²) >= 11 is 6.15. The second kappa shape index (κ2) is 7.43. The predicted molar refractivity (Wildman–Crippen MR) is 77.9 cm³/mol. The van der Waals surface area contributed by atoms with Gasteiger partial charge in [-0.05, 0) is 24.5 Å². The Morgan fingerprint density at radius 2 is 2.24 bits per heavy atom. The van der Waals surface area contributed by atoms with E-state index in [4.69, 9.17) is 16.3 Å². The van der Waals surface area contributed by atoms with Crippen LogP contribution >= 0.6 is 11.6 Å². The van der Waals surface area contributed by atoms with Crippen molar-refractivity contribution in [3.8, 4) is 0 Å². The zero-order valence-electron chi connectivity index (χ0n) is 11.8. The number of halogens is 1. The molecule has 114 valence electrons. The third kappa shape index (κ3) is 4.19. The van der Waals surface area contributed by atoms with Crippen molar-refractivity contribution in [3.05, 3.63) is 34.9 Å². The fourth-order valence-electron chi connectivity index (χ4n) is 2.30. The Labute approximate surface area is 128 Å². The van der Waals surface area contributed by atoms with E-state index in [-0.39, 0.29) is 12.3 Å². The molecule has 1 heterocycles. The summed E-state index contributed by atoms with van der Waals surface area (Å²) in [6.07, 6.45) is 1.14. The van der Waals surface area contributed by atoms with Crippen LogP contribution in [0.4, 0.5) is 0 Å². The molecule has 0 aliphatic carbocycles. The van der Waals surface area contributed by atoms with E-state index in [1.165, 1.54) is 7.11 Å². The number of rotatable bonds is 5. The second-order valence-corrected chi connectivity index (χ2v) is 5.27. The van der Waals surface area contributed by atoms with Gasteiger partial charge in [0.25, 0.3) is 0 Å². The Kier molecular flexibility index (Phi) is 5.59. The highest BCUT2D eigenvalue weighted by Gasteiger charge is 2.28. The van der Waals surface area contributed by atoms with Gasteiger partial charge >= 0.3 is 5.97 Å². The lowest BCUT2D eigenvalue weighted by atomic mass is 10.0. The molecule has 5 nitrogen and oxygen atoms in total. The molecule has 0 bridgehead atoms. The molecule has 0 unspecified atom stereocenters. The van der Waals surface area contributed by atoms with Crippen LogP contribution in [0.1, 0.15) is 30.9 Å². The molecule has 0 spiro atoms. The number of ether oxygens (including phenoxy) is 2. The summed E-state index contributed by atoms with van der Waals surface area (Å²) in [6.45, 7) is 0.589. The number of benzene rings is 1. The molecule has 0 radical (unpaired) electrons. The van der Waals surface area contributed by atoms with Crippen LogP contribution in [-0.2, 0) is 19.1 Å². The molecule has 1 saturated heterocycles. The van der Waals surface area contributed by atoms with Crippen molar-refractivity contribution in [1.82, 2.24) is 5.32 Å². The van der Waals surface area contributed by atoms with Crippen LogP contribution in [0.5, 0.6) is 0 Å². The van der Waals surface area contributed by atoms with Gasteiger partial charge in [-0.2, -0.15) is 0 Å². The first-order chi connectivity index (χ1) is 10.1. The standard InChI is InChI=1S/C15H18ClNO4/c1-20-14(18)9-12(10-5-2-3-6-11(10)16)17-15(19)13-7-4-8-21-13/h2-3,5-6,12-13H,4,7-9H2,1H3,(H,17,19)/t12-,13-/m0/s1. The lowest BCUT2D eigenvalue weighted by molar-refractivity contribution is -0.141. The molecular weight excluding hydrogens is 294 g/mol. The minimum absolute atomic E-state index is 0.0265. The smallest absolute Gasteiger partial charge is 0.307 e. The molecule has 6 heteroatoms. The van der Waals surface area contributed by atoms with Gasteiger partial charge in [-0.1, -0.05) is 29.8 Å². The predicted octanol–water partition coefficient (Wildman–Crippen LogP) is 2.24. The van der Waals surface area contributed by atoms with Crippen molar-refractivity contribution in [1.29, 1.82) is 0 Å². The van der Waals surface area contributed by atoms with Crippen LogP contribution < -0.4 is 5.32 Å². The first kappa shape index (κ1) is 15.8. The number of methoxy groups -OCH3 is 1. The summed E-state index contributed by atoms with van der Waals surface area (Å²) in [7, 11) is 1.31. The van der Waals surface area contributed by atoms with Crippen molar-refractivity contribution in [2.45, 2.75) is 31.4 Å². The van der Waals surface area contributed by atoms with Crippen molar-refractivity contribution in [3.63, 3.8) is 0 Å². The Balaban J connectivity index is 2.13. The monoisotopic (exact) mass is 311 g/mol. The number of hydrogen-bond acceptors (Lipinski definition) is 4. The Hall–Kier alpha value is -1.59.